The van der Waals surface area contributed by atoms with Gasteiger partial charge in [0, 0.05) is 18.7 Å². The summed E-state index contributed by atoms with van der Waals surface area (Å²) in [6, 6.07) is 18.1. The molecule has 2 aromatic heterocycles. The van der Waals surface area contributed by atoms with Crippen LogP contribution >= 0.6 is 0 Å². The Kier molecular flexibility index (Phi) is 3.96. The van der Waals surface area contributed by atoms with E-state index in [2.05, 4.69) is 22.2 Å². The lowest BCUT2D eigenvalue weighted by Gasteiger charge is -2.06. The van der Waals surface area contributed by atoms with Gasteiger partial charge in [-0.2, -0.15) is 0 Å². The number of hydrogen-bond donors (Lipinski definition) is 0. The van der Waals surface area contributed by atoms with E-state index in [1.165, 1.54) is 5.56 Å². The van der Waals surface area contributed by atoms with Gasteiger partial charge in [0.1, 0.15) is 0 Å². The molecule has 0 bridgehead atoms. The van der Waals surface area contributed by atoms with Crippen molar-refractivity contribution in [3.63, 3.8) is 0 Å². The smallest absolute Gasteiger partial charge is 0.233 e. The van der Waals surface area contributed by atoms with E-state index in [4.69, 9.17) is 4.74 Å². The third-order valence-electron chi connectivity index (χ3n) is 3.15. The molecule has 0 spiro atoms. The van der Waals surface area contributed by atoms with E-state index in [1.54, 1.807) is 6.20 Å². The van der Waals surface area contributed by atoms with Crippen molar-refractivity contribution in [3.8, 4) is 11.7 Å². The second-order valence-electron chi connectivity index (χ2n) is 4.67. The Morgan fingerprint density at radius 1 is 1.05 bits per heavy atom. The number of rotatable bonds is 5. The first-order valence-electron chi connectivity index (χ1n) is 7.04. The summed E-state index contributed by atoms with van der Waals surface area (Å²) in [6.45, 7) is 2.56. The average molecular weight is 279 g/mol. The molecule has 0 fully saturated rings. The molecule has 0 saturated heterocycles. The minimum absolute atomic E-state index is 0.601. The van der Waals surface area contributed by atoms with Crippen LogP contribution in [-0.2, 0) is 6.42 Å². The number of benzene rings is 1. The minimum Gasteiger partial charge on any atom is -0.477 e. The maximum absolute atomic E-state index is 5.53. The Bertz CT molecular complexity index is 693. The van der Waals surface area contributed by atoms with Crippen molar-refractivity contribution in [2.24, 2.45) is 0 Å². The predicted molar refractivity (Wildman–Crippen MR) is 81.8 cm³/mol. The molecule has 4 nitrogen and oxygen atoms in total. The monoisotopic (exact) mass is 279 g/mol. The highest BCUT2D eigenvalue weighted by molar-refractivity contribution is 5.31. The summed E-state index contributed by atoms with van der Waals surface area (Å²) in [7, 11) is 0. The highest BCUT2D eigenvalue weighted by Gasteiger charge is 2.11. The summed E-state index contributed by atoms with van der Waals surface area (Å²) < 4.78 is 7.37. The van der Waals surface area contributed by atoms with Gasteiger partial charge < -0.3 is 4.74 Å². The first kappa shape index (κ1) is 13.4. The molecule has 4 heteroatoms. The zero-order valence-corrected chi connectivity index (χ0v) is 11.9. The van der Waals surface area contributed by atoms with E-state index >= 15 is 0 Å². The number of nitrogens with zero attached hydrogens (tertiary/aromatic N) is 3. The molecule has 0 saturated carbocycles. The van der Waals surface area contributed by atoms with Crippen molar-refractivity contribution in [1.29, 1.82) is 0 Å². The van der Waals surface area contributed by atoms with E-state index in [9.17, 15) is 0 Å². The van der Waals surface area contributed by atoms with E-state index in [1.807, 2.05) is 54.1 Å². The molecule has 21 heavy (non-hydrogen) atoms. The highest BCUT2D eigenvalue weighted by Crippen LogP contribution is 2.19. The fourth-order valence-electron chi connectivity index (χ4n) is 2.22. The van der Waals surface area contributed by atoms with Gasteiger partial charge in [0.05, 0.1) is 12.3 Å². The summed E-state index contributed by atoms with van der Waals surface area (Å²) >= 11 is 0. The first-order valence-corrected chi connectivity index (χ1v) is 7.04. The molecule has 0 aliphatic rings. The Morgan fingerprint density at radius 3 is 2.57 bits per heavy atom. The Morgan fingerprint density at radius 2 is 1.86 bits per heavy atom. The molecule has 3 rings (SSSR count). The molecule has 0 aliphatic heterocycles. The summed E-state index contributed by atoms with van der Waals surface area (Å²) in [5.74, 6) is 1.43. The number of ether oxygens (including phenoxy) is 1. The van der Waals surface area contributed by atoms with E-state index in [0.29, 0.717) is 12.5 Å². The van der Waals surface area contributed by atoms with Gasteiger partial charge in [0.25, 0.3) is 0 Å². The van der Waals surface area contributed by atoms with Crippen molar-refractivity contribution in [1.82, 2.24) is 14.8 Å². The third-order valence-corrected chi connectivity index (χ3v) is 3.15. The van der Waals surface area contributed by atoms with Crippen LogP contribution in [0.1, 0.15) is 18.2 Å². The van der Waals surface area contributed by atoms with Crippen LogP contribution < -0.4 is 4.74 Å². The lowest BCUT2D eigenvalue weighted by Crippen LogP contribution is -2.05. The molecule has 0 aliphatic carbocycles. The van der Waals surface area contributed by atoms with E-state index in [0.717, 1.165) is 17.9 Å². The van der Waals surface area contributed by atoms with E-state index in [-0.39, 0.29) is 0 Å². The fraction of sp³-hybridized carbons (Fsp3) is 0.176. The standard InChI is InChI=1S/C17H17N3O/c1-2-21-17-13-15(12-14-8-4-3-5-9-14)20(19-17)16-10-6-7-11-18-16/h3-11,13H,2,12H2,1H3. The number of pyridine rings is 1. The molecule has 0 N–H and O–H groups in total. The molecule has 106 valence electrons. The molecule has 3 aromatic rings. The van der Waals surface area contributed by atoms with Gasteiger partial charge in [-0.25, -0.2) is 9.67 Å². The molecular weight excluding hydrogens is 262 g/mol. The summed E-state index contributed by atoms with van der Waals surface area (Å²) in [5.41, 5.74) is 2.29. The van der Waals surface area contributed by atoms with Gasteiger partial charge in [0.2, 0.25) is 5.88 Å². The zero-order chi connectivity index (χ0) is 14.5. The normalized spacial score (nSPS) is 10.5. The lowest BCUT2D eigenvalue weighted by atomic mass is 10.1. The molecule has 0 radical (unpaired) electrons. The van der Waals surface area contributed by atoms with Crippen molar-refractivity contribution in [3.05, 3.63) is 72.1 Å². The molecule has 0 atom stereocenters. The van der Waals surface area contributed by atoms with Crippen LogP contribution in [0.25, 0.3) is 5.82 Å². The molecule has 1 aromatic carbocycles. The van der Waals surface area contributed by atoms with Crippen LogP contribution in [0.4, 0.5) is 0 Å². The van der Waals surface area contributed by atoms with Crippen LogP contribution in [0.3, 0.4) is 0 Å². The second kappa shape index (κ2) is 6.22. The highest BCUT2D eigenvalue weighted by atomic mass is 16.5. The maximum Gasteiger partial charge on any atom is 0.233 e. The summed E-state index contributed by atoms with van der Waals surface area (Å²) in [6.07, 6.45) is 2.56. The van der Waals surface area contributed by atoms with Crippen LogP contribution in [-0.4, -0.2) is 21.4 Å². The SMILES string of the molecule is CCOc1cc(Cc2ccccc2)n(-c2ccccn2)n1. The summed E-state index contributed by atoms with van der Waals surface area (Å²) in [4.78, 5) is 4.37. The molecule has 0 amide bonds. The third kappa shape index (κ3) is 3.11. The van der Waals surface area contributed by atoms with Crippen LogP contribution in [0.2, 0.25) is 0 Å². The van der Waals surface area contributed by atoms with Gasteiger partial charge in [0.15, 0.2) is 5.82 Å². The van der Waals surface area contributed by atoms with Gasteiger partial charge >= 0.3 is 0 Å². The topological polar surface area (TPSA) is 39.9 Å². The van der Waals surface area contributed by atoms with Crippen LogP contribution in [0.5, 0.6) is 5.88 Å². The van der Waals surface area contributed by atoms with Gasteiger partial charge in [-0.3, -0.25) is 0 Å². The zero-order valence-electron chi connectivity index (χ0n) is 11.9. The van der Waals surface area contributed by atoms with Crippen molar-refractivity contribution < 1.29 is 4.74 Å². The fourth-order valence-corrected chi connectivity index (χ4v) is 2.22. The van der Waals surface area contributed by atoms with Crippen molar-refractivity contribution >= 4 is 0 Å². The molecule has 2 heterocycles. The Labute approximate surface area is 124 Å². The maximum atomic E-state index is 5.53. The van der Waals surface area contributed by atoms with Gasteiger partial charge in [-0.05, 0) is 24.6 Å². The predicted octanol–water partition coefficient (Wildman–Crippen LogP) is 3.26. The molecular formula is C17H17N3O. The van der Waals surface area contributed by atoms with Gasteiger partial charge in [-0.15, -0.1) is 5.10 Å². The Balaban J connectivity index is 1.98. The quantitative estimate of drug-likeness (QED) is 0.719. The number of aromatic nitrogens is 3. The van der Waals surface area contributed by atoms with Gasteiger partial charge in [-0.1, -0.05) is 36.4 Å². The Hall–Kier alpha value is -2.62. The first-order chi connectivity index (χ1) is 10.4. The van der Waals surface area contributed by atoms with E-state index < -0.39 is 0 Å². The number of hydrogen-bond acceptors (Lipinski definition) is 3. The average Bonchev–Trinajstić information content (AvgIpc) is 2.92. The summed E-state index contributed by atoms with van der Waals surface area (Å²) in [5, 5.41) is 4.50. The lowest BCUT2D eigenvalue weighted by molar-refractivity contribution is 0.324. The molecule has 0 unspecified atom stereocenters. The van der Waals surface area contributed by atoms with Crippen LogP contribution in [0.15, 0.2) is 60.8 Å². The largest absolute Gasteiger partial charge is 0.477 e. The minimum atomic E-state index is 0.601. The second-order valence-corrected chi connectivity index (χ2v) is 4.67. The van der Waals surface area contributed by atoms with Crippen molar-refractivity contribution in [2.45, 2.75) is 13.3 Å². The van der Waals surface area contributed by atoms with Crippen LogP contribution in [0, 0.1) is 0 Å². The van der Waals surface area contributed by atoms with Crippen molar-refractivity contribution in [2.75, 3.05) is 6.61 Å².